The average molecular weight is 345 g/mol. The fourth-order valence-electron chi connectivity index (χ4n) is 2.97. The molecule has 0 aliphatic carbocycles. The Morgan fingerprint density at radius 2 is 2.15 bits per heavy atom. The number of aromatic nitrogens is 1. The number of fused-ring (bicyclic) bond motifs is 1. The molecule has 2 heterocycles. The molecule has 1 N–H and O–H groups in total. The van der Waals surface area contributed by atoms with Crippen molar-refractivity contribution in [2.75, 3.05) is 0 Å². The molecule has 2 aromatic heterocycles. The molecule has 0 unspecified atom stereocenters. The highest BCUT2D eigenvalue weighted by atomic mass is 16.3. The van der Waals surface area contributed by atoms with E-state index in [2.05, 4.69) is 16.5 Å². The van der Waals surface area contributed by atoms with Crippen molar-refractivity contribution in [1.82, 2.24) is 9.88 Å². The van der Waals surface area contributed by atoms with Crippen LogP contribution >= 0.6 is 0 Å². The molecule has 5 nitrogen and oxygen atoms in total. The molecule has 0 bridgehead atoms. The van der Waals surface area contributed by atoms with Gasteiger partial charge in [-0.1, -0.05) is 24.3 Å². The fourth-order valence-corrected chi connectivity index (χ4v) is 2.97. The first-order valence-electron chi connectivity index (χ1n) is 8.26. The number of carbonyl (C=O) groups excluding carboxylic acids is 1. The summed E-state index contributed by atoms with van der Waals surface area (Å²) in [4.78, 5) is 12.4. The van der Waals surface area contributed by atoms with Crippen LogP contribution in [0.25, 0.3) is 17.0 Å². The van der Waals surface area contributed by atoms with Gasteiger partial charge in [0.2, 0.25) is 0 Å². The highest BCUT2D eigenvalue weighted by molar-refractivity contribution is 6.04. The topological polar surface area (TPSA) is 71.0 Å². The molecule has 0 spiro atoms. The van der Waals surface area contributed by atoms with E-state index < -0.39 is 5.91 Å². The van der Waals surface area contributed by atoms with E-state index in [0.717, 1.165) is 22.2 Å². The van der Waals surface area contributed by atoms with Crippen LogP contribution in [0.15, 0.2) is 65.3 Å². The van der Waals surface area contributed by atoms with E-state index in [-0.39, 0.29) is 12.1 Å². The number of carbonyl (C=O) groups is 1. The van der Waals surface area contributed by atoms with Gasteiger partial charge in [0.05, 0.1) is 12.8 Å². The first kappa shape index (κ1) is 17.3. The molecule has 0 radical (unpaired) electrons. The maximum Gasteiger partial charge on any atom is 0.262 e. The van der Waals surface area contributed by atoms with Crippen LogP contribution in [-0.2, 0) is 17.9 Å². The van der Waals surface area contributed by atoms with Gasteiger partial charge < -0.3 is 14.3 Å². The summed E-state index contributed by atoms with van der Waals surface area (Å²) in [5, 5.41) is 13.2. The molecule has 0 saturated heterocycles. The van der Waals surface area contributed by atoms with Gasteiger partial charge in [-0.05, 0) is 31.2 Å². The van der Waals surface area contributed by atoms with E-state index >= 15 is 0 Å². The molecule has 3 aromatic rings. The standard InChI is InChI=1S/C21H19N3O2/c1-3-10-24-15(2)19(18-8-4-5-9-20(18)24)12-16(13-22)21(25)23-14-17-7-6-11-26-17/h3-9,11-12H,1,10,14H2,2H3,(H,23,25)/b16-12+. The number of nitriles is 1. The summed E-state index contributed by atoms with van der Waals surface area (Å²) in [7, 11) is 0. The molecule has 0 aliphatic rings. The van der Waals surface area contributed by atoms with Crippen molar-refractivity contribution < 1.29 is 9.21 Å². The second-order valence-corrected chi connectivity index (χ2v) is 5.85. The maximum absolute atomic E-state index is 12.4. The van der Waals surface area contributed by atoms with Gasteiger partial charge in [-0.3, -0.25) is 4.79 Å². The van der Waals surface area contributed by atoms with Crippen molar-refractivity contribution in [2.45, 2.75) is 20.0 Å². The molecule has 1 aromatic carbocycles. The van der Waals surface area contributed by atoms with Crippen LogP contribution in [-0.4, -0.2) is 10.5 Å². The number of rotatable bonds is 6. The summed E-state index contributed by atoms with van der Waals surface area (Å²) >= 11 is 0. The third-order valence-electron chi connectivity index (χ3n) is 4.25. The third-order valence-corrected chi connectivity index (χ3v) is 4.25. The van der Waals surface area contributed by atoms with Crippen LogP contribution in [0.3, 0.4) is 0 Å². The molecular weight excluding hydrogens is 326 g/mol. The van der Waals surface area contributed by atoms with Gasteiger partial charge in [-0.2, -0.15) is 5.26 Å². The van der Waals surface area contributed by atoms with Crippen LogP contribution in [0.5, 0.6) is 0 Å². The predicted molar refractivity (Wildman–Crippen MR) is 101 cm³/mol. The summed E-state index contributed by atoms with van der Waals surface area (Å²) in [6.07, 6.45) is 5.02. The normalized spacial score (nSPS) is 11.3. The molecule has 0 saturated carbocycles. The number of allylic oxidation sites excluding steroid dienone is 1. The third kappa shape index (κ3) is 3.31. The zero-order valence-electron chi connectivity index (χ0n) is 14.5. The average Bonchev–Trinajstić information content (AvgIpc) is 3.26. The van der Waals surface area contributed by atoms with Gasteiger partial charge in [-0.15, -0.1) is 6.58 Å². The second kappa shape index (κ2) is 7.58. The molecule has 1 amide bonds. The van der Waals surface area contributed by atoms with Gasteiger partial charge in [0, 0.05) is 28.7 Å². The molecule has 0 aliphatic heterocycles. The molecule has 0 atom stereocenters. The number of benzene rings is 1. The summed E-state index contributed by atoms with van der Waals surface area (Å²) in [5.41, 5.74) is 2.95. The van der Waals surface area contributed by atoms with Crippen molar-refractivity contribution >= 4 is 22.9 Å². The molecule has 26 heavy (non-hydrogen) atoms. The Kier molecular flexibility index (Phi) is 5.04. The molecule has 130 valence electrons. The van der Waals surface area contributed by atoms with Crippen LogP contribution in [0, 0.1) is 18.3 Å². The highest BCUT2D eigenvalue weighted by Gasteiger charge is 2.15. The zero-order valence-corrected chi connectivity index (χ0v) is 14.5. The van der Waals surface area contributed by atoms with Crippen LogP contribution < -0.4 is 5.32 Å². The second-order valence-electron chi connectivity index (χ2n) is 5.85. The lowest BCUT2D eigenvalue weighted by Crippen LogP contribution is -2.23. The molecule has 5 heteroatoms. The van der Waals surface area contributed by atoms with E-state index in [9.17, 15) is 10.1 Å². The quantitative estimate of drug-likeness (QED) is 0.418. The number of hydrogen-bond donors (Lipinski definition) is 1. The Bertz CT molecular complexity index is 1020. The molecule has 0 fully saturated rings. The van der Waals surface area contributed by atoms with E-state index in [1.54, 1.807) is 24.5 Å². The number of nitrogens with zero attached hydrogens (tertiary/aromatic N) is 2. The van der Waals surface area contributed by atoms with Crippen LogP contribution in [0.2, 0.25) is 0 Å². The minimum absolute atomic E-state index is 0.0566. The summed E-state index contributed by atoms with van der Waals surface area (Å²) in [6.45, 7) is 6.68. The number of amides is 1. The maximum atomic E-state index is 12.4. The first-order chi connectivity index (χ1) is 12.7. The minimum atomic E-state index is -0.427. The minimum Gasteiger partial charge on any atom is -0.467 e. The zero-order chi connectivity index (χ0) is 18.5. The Hall–Kier alpha value is -3.52. The van der Waals surface area contributed by atoms with E-state index in [1.807, 2.05) is 43.3 Å². The first-order valence-corrected chi connectivity index (χ1v) is 8.26. The number of furan rings is 1. The van der Waals surface area contributed by atoms with E-state index in [1.165, 1.54) is 0 Å². The van der Waals surface area contributed by atoms with Crippen molar-refractivity contribution in [3.63, 3.8) is 0 Å². The van der Waals surface area contributed by atoms with Crippen LogP contribution in [0.1, 0.15) is 17.0 Å². The smallest absolute Gasteiger partial charge is 0.262 e. The molecular formula is C21H19N3O2. The van der Waals surface area contributed by atoms with Crippen molar-refractivity contribution in [1.29, 1.82) is 5.26 Å². The van der Waals surface area contributed by atoms with Gasteiger partial charge >= 0.3 is 0 Å². The Labute approximate surface area is 151 Å². The lowest BCUT2D eigenvalue weighted by Gasteiger charge is -2.04. The summed E-state index contributed by atoms with van der Waals surface area (Å²) in [6, 6.07) is 13.4. The fraction of sp³-hybridized carbons (Fsp3) is 0.143. The van der Waals surface area contributed by atoms with Gasteiger partial charge in [0.25, 0.3) is 5.91 Å². The number of para-hydroxylation sites is 1. The Morgan fingerprint density at radius 3 is 2.85 bits per heavy atom. The highest BCUT2D eigenvalue weighted by Crippen LogP contribution is 2.28. The number of nitrogens with one attached hydrogen (secondary N) is 1. The van der Waals surface area contributed by atoms with Crippen molar-refractivity contribution in [2.24, 2.45) is 0 Å². The predicted octanol–water partition coefficient (Wildman–Crippen LogP) is 3.95. The van der Waals surface area contributed by atoms with Crippen molar-refractivity contribution in [3.05, 3.63) is 77.9 Å². The Balaban J connectivity index is 1.96. The summed E-state index contributed by atoms with van der Waals surface area (Å²) < 4.78 is 7.31. The summed E-state index contributed by atoms with van der Waals surface area (Å²) in [5.74, 6) is 0.207. The van der Waals surface area contributed by atoms with E-state index in [0.29, 0.717) is 12.3 Å². The Morgan fingerprint density at radius 1 is 1.35 bits per heavy atom. The number of hydrogen-bond acceptors (Lipinski definition) is 3. The van der Waals surface area contributed by atoms with E-state index in [4.69, 9.17) is 4.42 Å². The largest absolute Gasteiger partial charge is 0.467 e. The van der Waals surface area contributed by atoms with Gasteiger partial charge in [0.15, 0.2) is 0 Å². The van der Waals surface area contributed by atoms with Crippen LogP contribution in [0.4, 0.5) is 0 Å². The lowest BCUT2D eigenvalue weighted by atomic mass is 10.1. The lowest BCUT2D eigenvalue weighted by molar-refractivity contribution is -0.117. The SMILES string of the molecule is C=CCn1c(C)c(/C=C(\C#N)C(=O)NCc2ccco2)c2ccccc21. The molecule has 3 rings (SSSR count). The van der Waals surface area contributed by atoms with Crippen molar-refractivity contribution in [3.8, 4) is 6.07 Å². The van der Waals surface area contributed by atoms with Gasteiger partial charge in [-0.25, -0.2) is 0 Å². The van der Waals surface area contributed by atoms with Gasteiger partial charge in [0.1, 0.15) is 17.4 Å². The monoisotopic (exact) mass is 345 g/mol.